The lowest BCUT2D eigenvalue weighted by Gasteiger charge is -2.32. The lowest BCUT2D eigenvalue weighted by molar-refractivity contribution is -0.144. The molecule has 0 unspecified atom stereocenters. The zero-order valence-corrected chi connectivity index (χ0v) is 19.3. The molecule has 1 aromatic carbocycles. The molecule has 0 spiro atoms. The van der Waals surface area contributed by atoms with E-state index in [1.165, 1.54) is 11.8 Å². The lowest BCUT2D eigenvalue weighted by Crippen LogP contribution is -2.43. The second kappa shape index (κ2) is 8.09. The summed E-state index contributed by atoms with van der Waals surface area (Å²) < 4.78 is 67.2. The van der Waals surface area contributed by atoms with Gasteiger partial charge in [-0.1, -0.05) is 23.7 Å². The normalized spacial score (nSPS) is 19.2. The van der Waals surface area contributed by atoms with Gasteiger partial charge in [0.2, 0.25) is 0 Å². The minimum absolute atomic E-state index is 0.00898. The average molecular weight is 489 g/mol. The molecule has 0 bridgehead atoms. The number of hydrogen-bond acceptors (Lipinski definition) is 3. The first kappa shape index (κ1) is 23.2. The lowest BCUT2D eigenvalue weighted by atomic mass is 9.99. The standard InChI is InChI=1S/C22H24ClF3N2O3S/c1-13-18(14-3-5-15(23)6-4-14)19(28(17-7-8-17)20(13)22(24,25)26)21(29)27(2)16-9-11-32(30,31)12-10-16/h3-6,16-17H,7-12H2,1-2H3. The van der Waals surface area contributed by atoms with Crippen molar-refractivity contribution in [3.8, 4) is 11.1 Å². The van der Waals surface area contributed by atoms with Gasteiger partial charge in [-0.05, 0) is 55.9 Å². The van der Waals surface area contributed by atoms with Crippen LogP contribution in [0.1, 0.15) is 53.5 Å². The Balaban J connectivity index is 1.86. The van der Waals surface area contributed by atoms with Crippen LogP contribution in [0.15, 0.2) is 24.3 Å². The Bertz CT molecular complexity index is 1140. The van der Waals surface area contributed by atoms with Crippen molar-refractivity contribution in [3.05, 3.63) is 46.2 Å². The first-order chi connectivity index (χ1) is 14.9. The van der Waals surface area contributed by atoms with Crippen LogP contribution in [0.25, 0.3) is 11.1 Å². The highest BCUT2D eigenvalue weighted by atomic mass is 35.5. The Kier molecular flexibility index (Phi) is 5.86. The molecule has 32 heavy (non-hydrogen) atoms. The number of benzene rings is 1. The van der Waals surface area contributed by atoms with Crippen molar-refractivity contribution in [2.75, 3.05) is 18.6 Å². The molecule has 0 N–H and O–H groups in total. The van der Waals surface area contributed by atoms with Crippen LogP contribution in [0.5, 0.6) is 0 Å². The van der Waals surface area contributed by atoms with Crippen LogP contribution in [0.3, 0.4) is 0 Å². The van der Waals surface area contributed by atoms with Gasteiger partial charge in [-0.25, -0.2) is 8.42 Å². The van der Waals surface area contributed by atoms with Crippen LogP contribution in [0, 0.1) is 6.92 Å². The zero-order chi connectivity index (χ0) is 23.4. The summed E-state index contributed by atoms with van der Waals surface area (Å²) in [6.07, 6.45) is -2.93. The largest absolute Gasteiger partial charge is 0.431 e. The van der Waals surface area contributed by atoms with E-state index in [0.717, 1.165) is 4.57 Å². The molecule has 0 atom stereocenters. The maximum Gasteiger partial charge on any atom is 0.431 e. The van der Waals surface area contributed by atoms with E-state index in [1.54, 1.807) is 31.3 Å². The second-order valence-corrected chi connectivity index (χ2v) is 11.3. The minimum atomic E-state index is -4.62. The molecule has 10 heteroatoms. The van der Waals surface area contributed by atoms with Crippen molar-refractivity contribution in [1.29, 1.82) is 0 Å². The molecule has 1 aromatic heterocycles. The van der Waals surface area contributed by atoms with E-state index in [-0.39, 0.29) is 53.3 Å². The Labute approximate surface area is 190 Å². The maximum absolute atomic E-state index is 14.1. The number of amides is 1. The predicted octanol–water partition coefficient (Wildman–Crippen LogP) is 5.12. The van der Waals surface area contributed by atoms with E-state index in [2.05, 4.69) is 0 Å². The van der Waals surface area contributed by atoms with Crippen molar-refractivity contribution in [2.24, 2.45) is 0 Å². The van der Waals surface area contributed by atoms with E-state index in [4.69, 9.17) is 11.6 Å². The van der Waals surface area contributed by atoms with Gasteiger partial charge in [0.1, 0.15) is 21.2 Å². The van der Waals surface area contributed by atoms with E-state index in [0.29, 0.717) is 23.4 Å². The number of carbonyl (C=O) groups is 1. The summed E-state index contributed by atoms with van der Waals surface area (Å²) in [7, 11) is -1.59. The summed E-state index contributed by atoms with van der Waals surface area (Å²) in [6, 6.07) is 5.67. The summed E-state index contributed by atoms with van der Waals surface area (Å²) in [5, 5.41) is 0.442. The topological polar surface area (TPSA) is 59.4 Å². The number of aromatic nitrogens is 1. The summed E-state index contributed by atoms with van der Waals surface area (Å²) >= 11 is 5.98. The van der Waals surface area contributed by atoms with E-state index in [9.17, 15) is 26.4 Å². The van der Waals surface area contributed by atoms with Crippen molar-refractivity contribution < 1.29 is 26.4 Å². The molecule has 2 heterocycles. The van der Waals surface area contributed by atoms with Crippen molar-refractivity contribution in [2.45, 2.75) is 50.9 Å². The number of nitrogens with zero attached hydrogens (tertiary/aromatic N) is 2. The van der Waals surface area contributed by atoms with Crippen molar-refractivity contribution in [3.63, 3.8) is 0 Å². The number of rotatable bonds is 4. The molecule has 1 aliphatic carbocycles. The van der Waals surface area contributed by atoms with Gasteiger partial charge in [0.15, 0.2) is 0 Å². The van der Waals surface area contributed by atoms with Crippen LogP contribution in [-0.2, 0) is 16.0 Å². The Morgan fingerprint density at radius 1 is 1.09 bits per heavy atom. The van der Waals surface area contributed by atoms with Crippen LogP contribution < -0.4 is 0 Å². The van der Waals surface area contributed by atoms with Gasteiger partial charge in [0.05, 0.1) is 11.5 Å². The summed E-state index contributed by atoms with van der Waals surface area (Å²) in [5.74, 6) is -0.587. The van der Waals surface area contributed by atoms with Gasteiger partial charge < -0.3 is 9.47 Å². The Hall–Kier alpha value is -2.00. The molecule has 1 saturated carbocycles. The predicted molar refractivity (Wildman–Crippen MR) is 117 cm³/mol. The number of hydrogen-bond donors (Lipinski definition) is 0. The fourth-order valence-electron chi connectivity index (χ4n) is 4.53. The number of alkyl halides is 3. The summed E-state index contributed by atoms with van der Waals surface area (Å²) in [6.45, 7) is 1.40. The maximum atomic E-state index is 14.1. The quantitative estimate of drug-likeness (QED) is 0.600. The molecule has 2 fully saturated rings. The monoisotopic (exact) mass is 488 g/mol. The van der Waals surface area contributed by atoms with Crippen LogP contribution in [0.4, 0.5) is 13.2 Å². The molecule has 1 amide bonds. The van der Waals surface area contributed by atoms with Crippen LogP contribution >= 0.6 is 11.6 Å². The van der Waals surface area contributed by atoms with Gasteiger partial charge in [-0.2, -0.15) is 13.2 Å². The summed E-state index contributed by atoms with van der Waals surface area (Å²) in [4.78, 5) is 15.1. The zero-order valence-electron chi connectivity index (χ0n) is 17.7. The van der Waals surface area contributed by atoms with Crippen molar-refractivity contribution in [1.82, 2.24) is 9.47 Å². The number of halogens is 4. The SMILES string of the molecule is Cc1c(-c2ccc(Cl)cc2)c(C(=O)N(C)C2CCS(=O)(=O)CC2)n(C2CC2)c1C(F)(F)F. The number of carbonyl (C=O) groups excluding carboxylic acids is 1. The fraction of sp³-hybridized carbons (Fsp3) is 0.500. The van der Waals surface area contributed by atoms with Crippen molar-refractivity contribution >= 4 is 27.3 Å². The first-order valence-electron chi connectivity index (χ1n) is 10.5. The first-order valence-corrected chi connectivity index (χ1v) is 12.7. The van der Waals surface area contributed by atoms with Crippen LogP contribution in [-0.4, -0.2) is 48.4 Å². The third kappa shape index (κ3) is 4.29. The molecule has 1 aliphatic heterocycles. The third-order valence-corrected chi connectivity index (χ3v) is 8.32. The highest BCUT2D eigenvalue weighted by Gasteiger charge is 2.45. The van der Waals surface area contributed by atoms with E-state index < -0.39 is 27.6 Å². The van der Waals surface area contributed by atoms with Gasteiger partial charge in [0.25, 0.3) is 5.91 Å². The van der Waals surface area contributed by atoms with Gasteiger partial charge in [-0.3, -0.25) is 4.79 Å². The van der Waals surface area contributed by atoms with Gasteiger partial charge in [0, 0.05) is 29.7 Å². The Morgan fingerprint density at radius 3 is 2.16 bits per heavy atom. The number of sulfone groups is 1. The summed E-state index contributed by atoms with van der Waals surface area (Å²) in [5.41, 5.74) is -0.0425. The highest BCUT2D eigenvalue weighted by molar-refractivity contribution is 7.91. The smallest absolute Gasteiger partial charge is 0.337 e. The molecule has 0 radical (unpaired) electrons. The Morgan fingerprint density at radius 2 is 1.66 bits per heavy atom. The molecule has 2 aliphatic rings. The third-order valence-electron chi connectivity index (χ3n) is 6.36. The van der Waals surface area contributed by atoms with Crippen LogP contribution in [0.2, 0.25) is 5.02 Å². The molecule has 174 valence electrons. The molecule has 1 saturated heterocycles. The minimum Gasteiger partial charge on any atom is -0.337 e. The van der Waals surface area contributed by atoms with Gasteiger partial charge >= 0.3 is 6.18 Å². The molecule has 5 nitrogen and oxygen atoms in total. The fourth-order valence-corrected chi connectivity index (χ4v) is 6.13. The van der Waals surface area contributed by atoms with E-state index in [1.807, 2.05) is 0 Å². The molecular formula is C22H24ClF3N2O3S. The molecule has 4 rings (SSSR count). The average Bonchev–Trinajstić information content (AvgIpc) is 3.50. The van der Waals surface area contributed by atoms with Gasteiger partial charge in [-0.15, -0.1) is 0 Å². The molecule has 2 aromatic rings. The van der Waals surface area contributed by atoms with E-state index >= 15 is 0 Å². The second-order valence-electron chi connectivity index (χ2n) is 8.60. The molecular weight excluding hydrogens is 465 g/mol. The highest BCUT2D eigenvalue weighted by Crippen LogP contribution is 2.48.